The van der Waals surface area contributed by atoms with Gasteiger partial charge < -0.3 is 10.2 Å². The molecule has 1 unspecified atom stereocenters. The van der Waals surface area contributed by atoms with Crippen LogP contribution in [-0.4, -0.2) is 28.8 Å². The molecular formula is C16H21BrN4O. The average molecular weight is 365 g/mol. The SMILES string of the molecule is CCN(CC)c1ccc(NC(=O)C(C)n2cc(Br)cn2)cc1. The number of benzene rings is 1. The highest BCUT2D eigenvalue weighted by atomic mass is 79.9. The average Bonchev–Trinajstić information content (AvgIpc) is 2.96. The molecule has 2 rings (SSSR count). The molecule has 0 fully saturated rings. The lowest BCUT2D eigenvalue weighted by molar-refractivity contribution is -0.119. The van der Waals surface area contributed by atoms with E-state index >= 15 is 0 Å². The Bertz CT molecular complexity index is 619. The molecule has 6 heteroatoms. The lowest BCUT2D eigenvalue weighted by Gasteiger charge is -2.21. The third kappa shape index (κ3) is 3.88. The monoisotopic (exact) mass is 364 g/mol. The van der Waals surface area contributed by atoms with Crippen LogP contribution >= 0.6 is 15.9 Å². The Morgan fingerprint density at radius 2 is 1.95 bits per heavy atom. The number of hydrogen-bond donors (Lipinski definition) is 1. The van der Waals surface area contributed by atoms with Crippen LogP contribution in [0.15, 0.2) is 41.1 Å². The van der Waals surface area contributed by atoms with Crippen LogP contribution in [0.25, 0.3) is 0 Å². The summed E-state index contributed by atoms with van der Waals surface area (Å²) in [6.45, 7) is 8.01. The molecule has 1 atom stereocenters. The summed E-state index contributed by atoms with van der Waals surface area (Å²) in [4.78, 5) is 14.5. The molecular weight excluding hydrogens is 344 g/mol. The molecule has 0 spiro atoms. The summed E-state index contributed by atoms with van der Waals surface area (Å²) in [6, 6.07) is 7.54. The van der Waals surface area contributed by atoms with Crippen molar-refractivity contribution in [3.63, 3.8) is 0 Å². The highest BCUT2D eigenvalue weighted by molar-refractivity contribution is 9.10. The largest absolute Gasteiger partial charge is 0.372 e. The van der Waals surface area contributed by atoms with Crippen LogP contribution < -0.4 is 10.2 Å². The number of carbonyl (C=O) groups excluding carboxylic acids is 1. The lowest BCUT2D eigenvalue weighted by atomic mass is 10.2. The van der Waals surface area contributed by atoms with Crippen molar-refractivity contribution in [3.05, 3.63) is 41.1 Å². The smallest absolute Gasteiger partial charge is 0.248 e. The first kappa shape index (κ1) is 16.5. The van der Waals surface area contributed by atoms with Gasteiger partial charge in [0.25, 0.3) is 0 Å². The number of anilines is 2. The van der Waals surface area contributed by atoms with Crippen LogP contribution in [0.2, 0.25) is 0 Å². The minimum absolute atomic E-state index is 0.0915. The zero-order chi connectivity index (χ0) is 16.1. The van der Waals surface area contributed by atoms with Gasteiger partial charge in [-0.05, 0) is 61.0 Å². The second-order valence-corrected chi connectivity index (χ2v) is 5.94. The molecule has 0 saturated heterocycles. The van der Waals surface area contributed by atoms with E-state index in [0.717, 1.165) is 28.9 Å². The first-order valence-corrected chi connectivity index (χ1v) is 8.20. The molecule has 0 saturated carbocycles. The summed E-state index contributed by atoms with van der Waals surface area (Å²) in [5.74, 6) is -0.0915. The van der Waals surface area contributed by atoms with Gasteiger partial charge in [0.1, 0.15) is 6.04 Å². The first-order valence-electron chi connectivity index (χ1n) is 7.40. The minimum Gasteiger partial charge on any atom is -0.372 e. The molecule has 1 amide bonds. The van der Waals surface area contributed by atoms with Gasteiger partial charge in [0, 0.05) is 30.7 Å². The zero-order valence-corrected chi connectivity index (χ0v) is 14.7. The van der Waals surface area contributed by atoms with Gasteiger partial charge in [-0.1, -0.05) is 0 Å². The molecule has 0 aliphatic heterocycles. The van der Waals surface area contributed by atoms with E-state index in [9.17, 15) is 4.79 Å². The van der Waals surface area contributed by atoms with E-state index in [0.29, 0.717) is 0 Å². The molecule has 1 heterocycles. The van der Waals surface area contributed by atoms with Crippen molar-refractivity contribution >= 4 is 33.2 Å². The van der Waals surface area contributed by atoms with Gasteiger partial charge in [-0.15, -0.1) is 0 Å². The van der Waals surface area contributed by atoms with Gasteiger partial charge in [0.05, 0.1) is 10.7 Å². The van der Waals surface area contributed by atoms with Crippen LogP contribution in [0.3, 0.4) is 0 Å². The number of carbonyl (C=O) groups is 1. The molecule has 1 N–H and O–H groups in total. The van der Waals surface area contributed by atoms with E-state index in [1.807, 2.05) is 31.2 Å². The number of nitrogens with one attached hydrogen (secondary N) is 1. The fourth-order valence-electron chi connectivity index (χ4n) is 2.24. The highest BCUT2D eigenvalue weighted by Crippen LogP contribution is 2.19. The summed E-state index contributed by atoms with van der Waals surface area (Å²) in [7, 11) is 0. The summed E-state index contributed by atoms with van der Waals surface area (Å²) in [5.41, 5.74) is 1.95. The Morgan fingerprint density at radius 3 is 2.45 bits per heavy atom. The molecule has 1 aromatic carbocycles. The van der Waals surface area contributed by atoms with Crippen LogP contribution in [0, 0.1) is 0 Å². The number of aromatic nitrogens is 2. The summed E-state index contributed by atoms with van der Waals surface area (Å²) >= 11 is 3.33. The van der Waals surface area contributed by atoms with E-state index in [-0.39, 0.29) is 11.9 Å². The number of hydrogen-bond acceptors (Lipinski definition) is 3. The predicted molar refractivity (Wildman–Crippen MR) is 93.3 cm³/mol. The van der Waals surface area contributed by atoms with Gasteiger partial charge in [-0.25, -0.2) is 0 Å². The highest BCUT2D eigenvalue weighted by Gasteiger charge is 2.16. The summed E-state index contributed by atoms with van der Waals surface area (Å²) < 4.78 is 2.49. The Kier molecular flexibility index (Phi) is 5.60. The van der Waals surface area contributed by atoms with E-state index in [4.69, 9.17) is 0 Å². The normalized spacial score (nSPS) is 12.0. The van der Waals surface area contributed by atoms with Gasteiger partial charge in [-0.3, -0.25) is 9.48 Å². The van der Waals surface area contributed by atoms with Crippen molar-refractivity contribution in [1.29, 1.82) is 0 Å². The van der Waals surface area contributed by atoms with Crippen molar-refractivity contribution in [3.8, 4) is 0 Å². The molecule has 118 valence electrons. The Labute approximate surface area is 139 Å². The maximum absolute atomic E-state index is 12.3. The zero-order valence-electron chi connectivity index (χ0n) is 13.1. The molecule has 5 nitrogen and oxygen atoms in total. The topological polar surface area (TPSA) is 50.2 Å². The van der Waals surface area contributed by atoms with Crippen molar-refractivity contribution in [2.75, 3.05) is 23.3 Å². The van der Waals surface area contributed by atoms with Gasteiger partial charge in [0.2, 0.25) is 5.91 Å². The number of nitrogens with zero attached hydrogens (tertiary/aromatic N) is 3. The van der Waals surface area contributed by atoms with E-state index < -0.39 is 0 Å². The number of halogens is 1. The fourth-order valence-corrected chi connectivity index (χ4v) is 2.54. The van der Waals surface area contributed by atoms with Gasteiger partial charge in [0.15, 0.2) is 0 Å². The molecule has 2 aromatic rings. The van der Waals surface area contributed by atoms with Crippen LogP contribution in [0.5, 0.6) is 0 Å². The minimum atomic E-state index is -0.367. The van der Waals surface area contributed by atoms with Crippen LogP contribution in [0.1, 0.15) is 26.8 Å². The second-order valence-electron chi connectivity index (χ2n) is 5.02. The van der Waals surface area contributed by atoms with Gasteiger partial charge >= 0.3 is 0 Å². The molecule has 0 bridgehead atoms. The van der Waals surface area contributed by atoms with Crippen molar-refractivity contribution < 1.29 is 4.79 Å². The Balaban J connectivity index is 2.02. The van der Waals surface area contributed by atoms with Crippen molar-refractivity contribution in [2.24, 2.45) is 0 Å². The maximum Gasteiger partial charge on any atom is 0.248 e. The molecule has 0 aliphatic carbocycles. The molecule has 22 heavy (non-hydrogen) atoms. The predicted octanol–water partition coefficient (Wildman–Crippen LogP) is 3.69. The quantitative estimate of drug-likeness (QED) is 0.850. The third-order valence-electron chi connectivity index (χ3n) is 3.61. The standard InChI is InChI=1S/C16H21BrN4O/c1-4-20(5-2)15-8-6-14(7-9-15)19-16(22)12(3)21-11-13(17)10-18-21/h6-12H,4-5H2,1-3H3,(H,19,22). The first-order chi connectivity index (χ1) is 10.5. The molecule has 1 aromatic heterocycles. The summed E-state index contributed by atoms with van der Waals surface area (Å²) in [5, 5.41) is 7.06. The number of rotatable bonds is 6. The second kappa shape index (κ2) is 7.45. The lowest BCUT2D eigenvalue weighted by Crippen LogP contribution is -2.24. The Hall–Kier alpha value is -1.82. The van der Waals surface area contributed by atoms with Crippen LogP contribution in [0.4, 0.5) is 11.4 Å². The van der Waals surface area contributed by atoms with E-state index in [1.165, 1.54) is 0 Å². The van der Waals surface area contributed by atoms with Crippen LogP contribution in [-0.2, 0) is 4.79 Å². The Morgan fingerprint density at radius 1 is 1.32 bits per heavy atom. The van der Waals surface area contributed by atoms with Gasteiger partial charge in [-0.2, -0.15) is 5.10 Å². The summed E-state index contributed by atoms with van der Waals surface area (Å²) in [6.07, 6.45) is 3.45. The third-order valence-corrected chi connectivity index (χ3v) is 4.02. The fraction of sp³-hybridized carbons (Fsp3) is 0.375. The van der Waals surface area contributed by atoms with Crippen molar-refractivity contribution in [2.45, 2.75) is 26.8 Å². The molecule has 0 aliphatic rings. The van der Waals surface area contributed by atoms with Crippen molar-refractivity contribution in [1.82, 2.24) is 9.78 Å². The van der Waals surface area contributed by atoms with E-state index in [2.05, 4.69) is 45.1 Å². The van der Waals surface area contributed by atoms with E-state index in [1.54, 1.807) is 17.1 Å². The maximum atomic E-state index is 12.3. The number of amides is 1. The molecule has 0 radical (unpaired) electrons.